The number of rotatable bonds is 13. The lowest BCUT2D eigenvalue weighted by Gasteiger charge is -2.35. The van der Waals surface area contributed by atoms with E-state index in [0.717, 1.165) is 25.2 Å². The van der Waals surface area contributed by atoms with Crippen LogP contribution >= 0.6 is 0 Å². The van der Waals surface area contributed by atoms with Gasteiger partial charge in [-0.3, -0.25) is 19.3 Å². The number of anilines is 1. The minimum Gasteiger partial charge on any atom is -0.460 e. The second-order valence-electron chi connectivity index (χ2n) is 12.4. The Morgan fingerprint density at radius 1 is 0.979 bits per heavy atom. The number of hydrogen-bond acceptors (Lipinski definition) is 13. The van der Waals surface area contributed by atoms with E-state index in [0.29, 0.717) is 31.4 Å². The molecular formula is C33H47N7O8. The number of piperazine rings is 1. The van der Waals surface area contributed by atoms with E-state index in [1.165, 1.54) is 5.06 Å². The number of carbonyl (C=O) groups is 4. The lowest BCUT2D eigenvalue weighted by atomic mass is 10.1. The van der Waals surface area contributed by atoms with E-state index in [1.807, 2.05) is 30.3 Å². The number of hydroxylamine groups is 2. The molecule has 2 aromatic rings. The van der Waals surface area contributed by atoms with Crippen molar-refractivity contribution in [2.24, 2.45) is 0 Å². The monoisotopic (exact) mass is 669 g/mol. The van der Waals surface area contributed by atoms with Crippen LogP contribution in [0.1, 0.15) is 51.0 Å². The van der Waals surface area contributed by atoms with Crippen LogP contribution in [0.25, 0.3) is 11.4 Å². The van der Waals surface area contributed by atoms with Gasteiger partial charge in [-0.1, -0.05) is 30.3 Å². The predicted octanol–water partition coefficient (Wildman–Crippen LogP) is 2.34. The Kier molecular flexibility index (Phi) is 13.5. The second kappa shape index (κ2) is 17.7. The Balaban J connectivity index is 1.49. The van der Waals surface area contributed by atoms with Crippen LogP contribution in [0, 0.1) is 0 Å². The van der Waals surface area contributed by atoms with E-state index >= 15 is 0 Å². The quantitative estimate of drug-likeness (QED) is 0.299. The number of amides is 2. The van der Waals surface area contributed by atoms with Crippen LogP contribution in [-0.4, -0.2) is 133 Å². The van der Waals surface area contributed by atoms with Crippen molar-refractivity contribution in [1.29, 1.82) is 0 Å². The molecule has 0 bridgehead atoms. The van der Waals surface area contributed by atoms with Gasteiger partial charge in [-0.15, -0.1) is 5.06 Å². The predicted molar refractivity (Wildman–Crippen MR) is 176 cm³/mol. The number of nitrogens with zero attached hydrogens (tertiary/aromatic N) is 5. The molecule has 2 fully saturated rings. The third-order valence-electron chi connectivity index (χ3n) is 7.51. The van der Waals surface area contributed by atoms with Gasteiger partial charge in [-0.25, -0.2) is 14.8 Å². The van der Waals surface area contributed by atoms with Crippen molar-refractivity contribution in [1.82, 2.24) is 30.1 Å². The van der Waals surface area contributed by atoms with Gasteiger partial charge in [0.15, 0.2) is 5.82 Å². The average Bonchev–Trinajstić information content (AvgIpc) is 3.06. The Morgan fingerprint density at radius 2 is 1.69 bits per heavy atom. The number of nitrogens with one attached hydrogen (secondary N) is 2. The molecule has 0 spiro atoms. The maximum absolute atomic E-state index is 13.8. The topological polar surface area (TPSA) is 165 Å². The molecule has 2 N–H and O–H groups in total. The van der Waals surface area contributed by atoms with Gasteiger partial charge in [-0.2, -0.15) is 0 Å². The van der Waals surface area contributed by atoms with Crippen LogP contribution in [0.15, 0.2) is 36.4 Å². The molecule has 15 heteroatoms. The molecule has 262 valence electrons. The first-order valence-electron chi connectivity index (χ1n) is 16.4. The Bertz CT molecular complexity index is 1370. The Labute approximate surface area is 281 Å². The van der Waals surface area contributed by atoms with Crippen LogP contribution in [-0.2, 0) is 28.6 Å². The van der Waals surface area contributed by atoms with E-state index in [4.69, 9.17) is 19.0 Å². The van der Waals surface area contributed by atoms with Crippen molar-refractivity contribution in [3.05, 3.63) is 42.1 Å². The molecule has 0 radical (unpaired) electrons. The van der Waals surface area contributed by atoms with E-state index < -0.39 is 29.7 Å². The van der Waals surface area contributed by atoms with Gasteiger partial charge in [-0.05, 0) is 34.1 Å². The zero-order valence-electron chi connectivity index (χ0n) is 28.2. The lowest BCUT2D eigenvalue weighted by Crippen LogP contribution is -2.55. The van der Waals surface area contributed by atoms with Crippen LogP contribution < -0.4 is 10.6 Å². The summed E-state index contributed by atoms with van der Waals surface area (Å²) in [5.74, 6) is -0.619. The number of benzene rings is 1. The summed E-state index contributed by atoms with van der Waals surface area (Å²) in [6.45, 7) is 12.6. The van der Waals surface area contributed by atoms with E-state index in [2.05, 4.69) is 25.5 Å². The number of esters is 1. The minimum absolute atomic E-state index is 0.0142. The lowest BCUT2D eigenvalue weighted by molar-refractivity contribution is -0.158. The maximum atomic E-state index is 13.8. The van der Waals surface area contributed by atoms with Gasteiger partial charge < -0.3 is 34.6 Å². The number of ether oxygens (including phenoxy) is 3. The van der Waals surface area contributed by atoms with Gasteiger partial charge in [0.05, 0.1) is 32.9 Å². The van der Waals surface area contributed by atoms with E-state index in [9.17, 15) is 19.2 Å². The second-order valence-corrected chi connectivity index (χ2v) is 12.4. The first-order chi connectivity index (χ1) is 23.0. The molecule has 3 heterocycles. The molecule has 1 atom stereocenters. The number of hydrogen-bond donors (Lipinski definition) is 2. The van der Waals surface area contributed by atoms with Crippen molar-refractivity contribution < 1.29 is 38.2 Å². The molecular weight excluding hydrogens is 622 g/mol. The molecule has 1 aromatic carbocycles. The number of morpholine rings is 1. The summed E-state index contributed by atoms with van der Waals surface area (Å²) in [5.41, 5.74) is 0.0963. The molecule has 0 unspecified atom stereocenters. The highest BCUT2D eigenvalue weighted by atomic mass is 16.8. The van der Waals surface area contributed by atoms with Gasteiger partial charge in [0.25, 0.3) is 5.91 Å². The number of aromatic nitrogens is 2. The molecule has 1 aromatic heterocycles. The highest BCUT2D eigenvalue weighted by molar-refractivity contribution is 5.97. The van der Waals surface area contributed by atoms with Crippen molar-refractivity contribution in [3.8, 4) is 11.4 Å². The largest absolute Gasteiger partial charge is 0.527 e. The molecule has 2 saturated heterocycles. The van der Waals surface area contributed by atoms with Crippen molar-refractivity contribution in [2.45, 2.75) is 52.2 Å². The van der Waals surface area contributed by atoms with Crippen molar-refractivity contribution in [3.63, 3.8) is 0 Å². The summed E-state index contributed by atoms with van der Waals surface area (Å²) in [7, 11) is 0. The highest BCUT2D eigenvalue weighted by Gasteiger charge is 2.32. The van der Waals surface area contributed by atoms with Gasteiger partial charge in [0, 0.05) is 57.3 Å². The third-order valence-corrected chi connectivity index (χ3v) is 7.51. The number of carbonyl (C=O) groups excluding carboxylic acids is 4. The smallest absolute Gasteiger partial charge is 0.460 e. The SMILES string of the molecule is CCOC(=O)ON1CCN(C(=O)[C@H](CCC(=O)OC(C)(C)C)NC(=O)c2cc(NCCN3CCOCC3)nc(-c3ccccc3)n2)CC1. The molecule has 4 rings (SSSR count). The average molecular weight is 670 g/mol. The summed E-state index contributed by atoms with van der Waals surface area (Å²) in [4.78, 5) is 70.1. The maximum Gasteiger partial charge on any atom is 0.527 e. The highest BCUT2D eigenvalue weighted by Crippen LogP contribution is 2.19. The fraction of sp³-hybridized carbons (Fsp3) is 0.576. The van der Waals surface area contributed by atoms with Crippen molar-refractivity contribution in [2.75, 3.05) is 77.5 Å². The van der Waals surface area contributed by atoms with Crippen LogP contribution in [0.3, 0.4) is 0 Å². The normalized spacial score (nSPS) is 16.5. The molecule has 2 aliphatic rings. The van der Waals surface area contributed by atoms with Crippen LogP contribution in [0.2, 0.25) is 0 Å². The summed E-state index contributed by atoms with van der Waals surface area (Å²) < 4.78 is 15.7. The standard InChI is InChI=1S/C33H47N7O8/c1-5-46-32(44)48-40-17-15-39(16-18-40)31(43)25(11-12-28(41)47-33(2,3)4)36-30(42)26-23-27(34-13-14-38-19-21-45-22-20-38)37-29(35-26)24-9-7-6-8-10-24/h6-10,23,25H,5,11-22H2,1-4H3,(H,36,42)(H,34,35,37)/t25-/m0/s1. The molecule has 48 heavy (non-hydrogen) atoms. The summed E-state index contributed by atoms with van der Waals surface area (Å²) in [5, 5.41) is 7.56. The Morgan fingerprint density at radius 3 is 2.35 bits per heavy atom. The van der Waals surface area contributed by atoms with Gasteiger partial charge >= 0.3 is 12.1 Å². The third kappa shape index (κ3) is 11.7. The summed E-state index contributed by atoms with van der Waals surface area (Å²) >= 11 is 0. The fourth-order valence-electron chi connectivity index (χ4n) is 5.15. The first-order valence-corrected chi connectivity index (χ1v) is 16.4. The van der Waals surface area contributed by atoms with Gasteiger partial charge in [0.2, 0.25) is 5.91 Å². The fourth-order valence-corrected chi connectivity index (χ4v) is 5.15. The van der Waals surface area contributed by atoms with E-state index in [-0.39, 0.29) is 57.2 Å². The summed E-state index contributed by atoms with van der Waals surface area (Å²) in [6, 6.07) is 9.82. The van der Waals surface area contributed by atoms with Gasteiger partial charge in [0.1, 0.15) is 23.2 Å². The molecule has 2 aliphatic heterocycles. The molecule has 2 amide bonds. The van der Waals surface area contributed by atoms with Crippen LogP contribution in [0.4, 0.5) is 10.6 Å². The molecule has 15 nitrogen and oxygen atoms in total. The summed E-state index contributed by atoms with van der Waals surface area (Å²) in [6.07, 6.45) is -0.886. The van der Waals surface area contributed by atoms with Crippen LogP contribution in [0.5, 0.6) is 0 Å². The molecule has 0 saturated carbocycles. The first kappa shape index (κ1) is 36.5. The zero-order valence-corrected chi connectivity index (χ0v) is 28.2. The Hall–Kier alpha value is -4.34. The van der Waals surface area contributed by atoms with E-state index in [1.54, 1.807) is 38.7 Å². The molecule has 0 aliphatic carbocycles. The van der Waals surface area contributed by atoms with Crippen molar-refractivity contribution >= 4 is 29.8 Å². The minimum atomic E-state index is -1.05. The zero-order chi connectivity index (χ0) is 34.5.